The molecule has 2 unspecified atom stereocenters. The van der Waals surface area contributed by atoms with Gasteiger partial charge in [-0.3, -0.25) is 4.79 Å². The van der Waals surface area contributed by atoms with Crippen LogP contribution in [-0.4, -0.2) is 35.1 Å². The third-order valence-corrected chi connectivity index (χ3v) is 2.58. The molecule has 3 heteroatoms. The van der Waals surface area contributed by atoms with E-state index in [1.165, 1.54) is 0 Å². The second-order valence-corrected chi connectivity index (χ2v) is 4.85. The number of hydrogen-bond donors (Lipinski definition) is 1. The zero-order chi connectivity index (χ0) is 10.7. The molecule has 0 aliphatic carbocycles. The fourth-order valence-corrected chi connectivity index (χ4v) is 2.17. The number of aliphatic hydroxyl groups is 1. The maximum Gasteiger partial charge on any atom is 0.223 e. The molecule has 3 nitrogen and oxygen atoms in total. The summed E-state index contributed by atoms with van der Waals surface area (Å²) in [7, 11) is 0. The molecule has 0 bridgehead atoms. The topological polar surface area (TPSA) is 40.5 Å². The molecular weight excluding hydrogens is 178 g/mol. The number of carbonyl (C=O) groups is 1. The first kappa shape index (κ1) is 11.5. The molecule has 1 aliphatic rings. The van der Waals surface area contributed by atoms with Crippen molar-refractivity contribution in [2.45, 2.75) is 39.7 Å². The van der Waals surface area contributed by atoms with Gasteiger partial charge in [0.1, 0.15) is 0 Å². The van der Waals surface area contributed by atoms with Gasteiger partial charge in [0.05, 0.1) is 6.10 Å². The number of rotatable bonds is 4. The standard InChI is InChI=1S/C11H21NO2/c1-8(2)4-10-5-11(14)12(7-10)6-9(3)13/h8-10,13H,4-7H2,1-3H3. The van der Waals surface area contributed by atoms with Crippen molar-refractivity contribution in [3.05, 3.63) is 0 Å². The fraction of sp³-hybridized carbons (Fsp3) is 0.909. The highest BCUT2D eigenvalue weighted by atomic mass is 16.3. The molecule has 0 aromatic heterocycles. The minimum Gasteiger partial charge on any atom is -0.392 e. The highest BCUT2D eigenvalue weighted by Crippen LogP contribution is 2.24. The van der Waals surface area contributed by atoms with Gasteiger partial charge in [0, 0.05) is 19.5 Å². The second-order valence-electron chi connectivity index (χ2n) is 4.85. The Morgan fingerprint density at radius 1 is 1.50 bits per heavy atom. The first-order valence-corrected chi connectivity index (χ1v) is 5.45. The van der Waals surface area contributed by atoms with Crippen LogP contribution in [0, 0.1) is 11.8 Å². The van der Waals surface area contributed by atoms with Crippen molar-refractivity contribution in [3.63, 3.8) is 0 Å². The maximum absolute atomic E-state index is 11.5. The first-order valence-electron chi connectivity index (χ1n) is 5.45. The lowest BCUT2D eigenvalue weighted by Gasteiger charge is -2.18. The van der Waals surface area contributed by atoms with Gasteiger partial charge in [0.2, 0.25) is 5.91 Å². The van der Waals surface area contributed by atoms with Crippen LogP contribution in [0.4, 0.5) is 0 Å². The molecule has 2 atom stereocenters. The van der Waals surface area contributed by atoms with Crippen LogP contribution in [0.3, 0.4) is 0 Å². The van der Waals surface area contributed by atoms with E-state index in [1.807, 2.05) is 0 Å². The van der Waals surface area contributed by atoms with Crippen molar-refractivity contribution in [2.24, 2.45) is 11.8 Å². The average Bonchev–Trinajstić information content (AvgIpc) is 2.28. The van der Waals surface area contributed by atoms with E-state index >= 15 is 0 Å². The first-order chi connectivity index (χ1) is 6.49. The summed E-state index contributed by atoms with van der Waals surface area (Å²) in [5.74, 6) is 1.36. The third-order valence-electron chi connectivity index (χ3n) is 2.58. The number of β-amino-alcohol motifs (C(OH)–C–C–N with tert-alkyl or cyclic N) is 1. The van der Waals surface area contributed by atoms with E-state index < -0.39 is 6.10 Å². The van der Waals surface area contributed by atoms with Gasteiger partial charge in [-0.05, 0) is 25.2 Å². The van der Waals surface area contributed by atoms with Gasteiger partial charge in [-0.1, -0.05) is 13.8 Å². The van der Waals surface area contributed by atoms with E-state index in [-0.39, 0.29) is 5.91 Å². The Labute approximate surface area is 86.1 Å². The number of likely N-dealkylation sites (tertiary alicyclic amines) is 1. The Balaban J connectivity index is 2.39. The molecule has 82 valence electrons. The third kappa shape index (κ3) is 3.29. The van der Waals surface area contributed by atoms with E-state index in [4.69, 9.17) is 0 Å². The minimum atomic E-state index is -0.406. The highest BCUT2D eigenvalue weighted by molar-refractivity contribution is 5.78. The Morgan fingerprint density at radius 3 is 2.64 bits per heavy atom. The van der Waals surface area contributed by atoms with E-state index in [2.05, 4.69) is 13.8 Å². The van der Waals surface area contributed by atoms with Gasteiger partial charge in [-0.15, -0.1) is 0 Å². The Hall–Kier alpha value is -0.570. The van der Waals surface area contributed by atoms with Crippen molar-refractivity contribution in [1.82, 2.24) is 4.90 Å². The van der Waals surface area contributed by atoms with Gasteiger partial charge in [-0.2, -0.15) is 0 Å². The van der Waals surface area contributed by atoms with Crippen LogP contribution < -0.4 is 0 Å². The predicted molar refractivity (Wildman–Crippen MR) is 55.8 cm³/mol. The van der Waals surface area contributed by atoms with Crippen LogP contribution >= 0.6 is 0 Å². The molecule has 1 N–H and O–H groups in total. The smallest absolute Gasteiger partial charge is 0.223 e. The quantitative estimate of drug-likeness (QED) is 0.740. The molecule has 0 spiro atoms. The number of nitrogens with zero attached hydrogens (tertiary/aromatic N) is 1. The van der Waals surface area contributed by atoms with Crippen molar-refractivity contribution < 1.29 is 9.90 Å². The van der Waals surface area contributed by atoms with E-state index in [0.717, 1.165) is 13.0 Å². The van der Waals surface area contributed by atoms with Crippen LogP contribution in [0.15, 0.2) is 0 Å². The number of carbonyl (C=O) groups excluding carboxylic acids is 1. The average molecular weight is 199 g/mol. The van der Waals surface area contributed by atoms with Gasteiger partial charge in [-0.25, -0.2) is 0 Å². The van der Waals surface area contributed by atoms with Crippen LogP contribution in [-0.2, 0) is 4.79 Å². The van der Waals surface area contributed by atoms with Crippen molar-refractivity contribution in [3.8, 4) is 0 Å². The molecule has 1 saturated heterocycles. The minimum absolute atomic E-state index is 0.205. The summed E-state index contributed by atoms with van der Waals surface area (Å²) in [4.78, 5) is 13.3. The number of aliphatic hydroxyl groups excluding tert-OH is 1. The molecule has 0 radical (unpaired) electrons. The molecular formula is C11H21NO2. The van der Waals surface area contributed by atoms with Gasteiger partial charge in [0.15, 0.2) is 0 Å². The lowest BCUT2D eigenvalue weighted by Crippen LogP contribution is -2.32. The summed E-state index contributed by atoms with van der Waals surface area (Å²) >= 11 is 0. The Bertz CT molecular complexity index is 201. The van der Waals surface area contributed by atoms with Gasteiger partial charge in [0.25, 0.3) is 0 Å². The number of hydrogen-bond acceptors (Lipinski definition) is 2. The SMILES string of the molecule is CC(C)CC1CC(=O)N(CC(C)O)C1. The lowest BCUT2D eigenvalue weighted by molar-refractivity contribution is -0.128. The zero-order valence-corrected chi connectivity index (χ0v) is 9.36. The molecule has 1 heterocycles. The molecule has 14 heavy (non-hydrogen) atoms. The monoisotopic (exact) mass is 199 g/mol. The molecule has 1 rings (SSSR count). The number of amides is 1. The molecule has 1 aliphatic heterocycles. The van der Waals surface area contributed by atoms with Crippen molar-refractivity contribution in [2.75, 3.05) is 13.1 Å². The summed E-state index contributed by atoms with van der Waals surface area (Å²) in [6.07, 6.45) is 1.38. The van der Waals surface area contributed by atoms with Crippen LogP contribution in [0.1, 0.15) is 33.6 Å². The van der Waals surface area contributed by atoms with Crippen LogP contribution in [0.2, 0.25) is 0 Å². The van der Waals surface area contributed by atoms with Crippen molar-refractivity contribution in [1.29, 1.82) is 0 Å². The van der Waals surface area contributed by atoms with Crippen LogP contribution in [0.5, 0.6) is 0 Å². The lowest BCUT2D eigenvalue weighted by atomic mass is 9.96. The molecule has 0 aromatic rings. The maximum atomic E-state index is 11.5. The van der Waals surface area contributed by atoms with Gasteiger partial charge >= 0.3 is 0 Å². The molecule has 0 aromatic carbocycles. The molecule has 0 saturated carbocycles. The van der Waals surface area contributed by atoms with E-state index in [9.17, 15) is 9.90 Å². The molecule has 1 fully saturated rings. The summed E-state index contributed by atoms with van der Waals surface area (Å²) < 4.78 is 0. The zero-order valence-electron chi connectivity index (χ0n) is 9.36. The summed E-state index contributed by atoms with van der Waals surface area (Å²) in [5.41, 5.74) is 0. The molecule has 1 amide bonds. The highest BCUT2D eigenvalue weighted by Gasteiger charge is 2.30. The largest absolute Gasteiger partial charge is 0.392 e. The predicted octanol–water partition coefficient (Wildman–Crippen LogP) is 1.26. The van der Waals surface area contributed by atoms with Gasteiger partial charge < -0.3 is 10.0 Å². The van der Waals surface area contributed by atoms with E-state index in [0.29, 0.717) is 24.8 Å². The van der Waals surface area contributed by atoms with Crippen molar-refractivity contribution >= 4 is 5.91 Å². The summed E-state index contributed by atoms with van der Waals surface area (Å²) in [5, 5.41) is 9.20. The Morgan fingerprint density at radius 2 is 2.14 bits per heavy atom. The van der Waals surface area contributed by atoms with E-state index in [1.54, 1.807) is 11.8 Å². The van der Waals surface area contributed by atoms with Crippen LogP contribution in [0.25, 0.3) is 0 Å². The summed E-state index contributed by atoms with van der Waals surface area (Å²) in [6, 6.07) is 0. The Kier molecular flexibility index (Phi) is 3.93. The second kappa shape index (κ2) is 4.78. The summed E-state index contributed by atoms with van der Waals surface area (Å²) in [6.45, 7) is 7.42. The normalized spacial score (nSPS) is 24.8. The fourth-order valence-electron chi connectivity index (χ4n) is 2.17.